The molecule has 0 spiro atoms. The normalized spacial score (nSPS) is 15.7. The Hall–Kier alpha value is -3.75. The van der Waals surface area contributed by atoms with Gasteiger partial charge in [0.2, 0.25) is 0 Å². The number of cyclic esters (lactones) is 1. The second-order valence-electron chi connectivity index (χ2n) is 6.12. The van der Waals surface area contributed by atoms with Crippen LogP contribution in [-0.2, 0) is 25.2 Å². The number of esters is 2. The van der Waals surface area contributed by atoms with E-state index in [1.807, 2.05) is 0 Å². The van der Waals surface area contributed by atoms with Gasteiger partial charge < -0.3 is 19.3 Å². The number of halogens is 3. The highest BCUT2D eigenvalue weighted by Crippen LogP contribution is 2.38. The van der Waals surface area contributed by atoms with Gasteiger partial charge in [0.05, 0.1) is 19.8 Å². The van der Waals surface area contributed by atoms with Gasteiger partial charge in [0.25, 0.3) is 0 Å². The van der Waals surface area contributed by atoms with Crippen molar-refractivity contribution in [1.82, 2.24) is 0 Å². The summed E-state index contributed by atoms with van der Waals surface area (Å²) in [7, 11) is 2.46. The third-order valence-corrected chi connectivity index (χ3v) is 4.32. The van der Waals surface area contributed by atoms with Gasteiger partial charge >= 0.3 is 18.1 Å². The van der Waals surface area contributed by atoms with Crippen molar-refractivity contribution in [3.8, 4) is 5.75 Å². The fourth-order valence-electron chi connectivity index (χ4n) is 2.88. The van der Waals surface area contributed by atoms with Crippen LogP contribution in [-0.4, -0.2) is 31.3 Å². The van der Waals surface area contributed by atoms with Crippen molar-refractivity contribution in [3.05, 3.63) is 76.7 Å². The SMILES string of the molecule is COC(=O)/C(=C1/OC(=O)C(c2ccc(OC)cc2)=C1O)c1cccc(C(F)(F)F)c1. The summed E-state index contributed by atoms with van der Waals surface area (Å²) in [5, 5.41) is 10.6. The summed E-state index contributed by atoms with van der Waals surface area (Å²) < 4.78 is 54.0. The average molecular weight is 420 g/mol. The lowest BCUT2D eigenvalue weighted by Gasteiger charge is -2.12. The van der Waals surface area contributed by atoms with E-state index < -0.39 is 40.8 Å². The summed E-state index contributed by atoms with van der Waals surface area (Å²) in [5.74, 6) is -2.83. The van der Waals surface area contributed by atoms with Gasteiger partial charge in [-0.1, -0.05) is 24.3 Å². The molecule has 1 heterocycles. The highest BCUT2D eigenvalue weighted by molar-refractivity contribution is 6.25. The highest BCUT2D eigenvalue weighted by Gasteiger charge is 2.37. The van der Waals surface area contributed by atoms with Crippen LogP contribution in [0.25, 0.3) is 11.1 Å². The highest BCUT2D eigenvalue weighted by atomic mass is 19.4. The number of carbonyl (C=O) groups is 2. The van der Waals surface area contributed by atoms with Crippen LogP contribution < -0.4 is 4.74 Å². The molecule has 156 valence electrons. The number of aliphatic hydroxyl groups excluding tert-OH is 1. The van der Waals surface area contributed by atoms with Gasteiger partial charge in [0, 0.05) is 0 Å². The topological polar surface area (TPSA) is 82.1 Å². The van der Waals surface area contributed by atoms with E-state index in [1.165, 1.54) is 25.3 Å². The first kappa shape index (κ1) is 21.0. The lowest BCUT2D eigenvalue weighted by molar-refractivity contribution is -0.138. The Bertz CT molecular complexity index is 1060. The smallest absolute Gasteiger partial charge is 0.416 e. The fraction of sp³-hybridized carbons (Fsp3) is 0.143. The Labute approximate surface area is 168 Å². The lowest BCUT2D eigenvalue weighted by Crippen LogP contribution is -2.11. The molecule has 1 N–H and O–H groups in total. The first-order valence-corrected chi connectivity index (χ1v) is 8.47. The van der Waals surface area contributed by atoms with Crippen LogP contribution in [0.15, 0.2) is 60.0 Å². The standard InChI is InChI=1S/C21H15F3O6/c1-28-14-8-6-11(7-9-14)15-17(25)18(30-20(15)27)16(19(26)29-2)12-4-3-5-13(10-12)21(22,23)24/h3-10,25H,1-2H3/b18-16+. The molecule has 0 amide bonds. The Morgan fingerprint density at radius 3 is 2.30 bits per heavy atom. The predicted octanol–water partition coefficient (Wildman–Crippen LogP) is 4.12. The van der Waals surface area contributed by atoms with Crippen molar-refractivity contribution in [1.29, 1.82) is 0 Å². The molecule has 0 bridgehead atoms. The number of rotatable bonds is 4. The van der Waals surface area contributed by atoms with Gasteiger partial charge in [-0.2, -0.15) is 13.2 Å². The van der Waals surface area contributed by atoms with Crippen molar-refractivity contribution < 1.29 is 42.1 Å². The number of aliphatic hydroxyl groups is 1. The van der Waals surface area contributed by atoms with Crippen LogP contribution in [0.5, 0.6) is 5.75 Å². The minimum Gasteiger partial charge on any atom is -0.504 e. The maximum absolute atomic E-state index is 13.1. The molecule has 1 aliphatic heterocycles. The van der Waals surface area contributed by atoms with Crippen LogP contribution in [0.3, 0.4) is 0 Å². The van der Waals surface area contributed by atoms with E-state index in [0.29, 0.717) is 11.8 Å². The Kier molecular flexibility index (Phi) is 5.55. The minimum absolute atomic E-state index is 0.234. The molecule has 9 heteroatoms. The Balaban J connectivity index is 2.20. The summed E-state index contributed by atoms with van der Waals surface area (Å²) in [6.45, 7) is 0. The van der Waals surface area contributed by atoms with Crippen molar-refractivity contribution in [2.45, 2.75) is 6.18 Å². The molecular formula is C21H15F3O6. The van der Waals surface area contributed by atoms with Gasteiger partial charge in [0.1, 0.15) is 16.9 Å². The molecule has 1 aliphatic rings. The molecule has 2 aromatic rings. The minimum atomic E-state index is -4.67. The summed E-state index contributed by atoms with van der Waals surface area (Å²) >= 11 is 0. The molecule has 0 atom stereocenters. The third-order valence-electron chi connectivity index (χ3n) is 4.32. The fourth-order valence-corrected chi connectivity index (χ4v) is 2.88. The second-order valence-corrected chi connectivity index (χ2v) is 6.12. The molecule has 0 aliphatic carbocycles. The van der Waals surface area contributed by atoms with Gasteiger partial charge in [-0.15, -0.1) is 0 Å². The maximum Gasteiger partial charge on any atom is 0.416 e. The van der Waals surface area contributed by atoms with Crippen molar-refractivity contribution >= 4 is 23.1 Å². The van der Waals surface area contributed by atoms with Crippen LogP contribution in [0.4, 0.5) is 13.2 Å². The van der Waals surface area contributed by atoms with Crippen molar-refractivity contribution in [3.63, 3.8) is 0 Å². The number of benzene rings is 2. The summed E-state index contributed by atoms with van der Waals surface area (Å²) in [4.78, 5) is 24.7. The second kappa shape index (κ2) is 7.94. The zero-order chi connectivity index (χ0) is 22.1. The quantitative estimate of drug-likeness (QED) is 0.592. The van der Waals surface area contributed by atoms with E-state index >= 15 is 0 Å². The molecule has 0 radical (unpaired) electrons. The molecular weight excluding hydrogens is 405 g/mol. The van der Waals surface area contributed by atoms with E-state index in [0.717, 1.165) is 19.2 Å². The molecule has 2 aromatic carbocycles. The Morgan fingerprint density at radius 1 is 1.07 bits per heavy atom. The first-order valence-electron chi connectivity index (χ1n) is 8.47. The van der Waals surface area contributed by atoms with Crippen LogP contribution in [0.1, 0.15) is 16.7 Å². The van der Waals surface area contributed by atoms with Gasteiger partial charge in [-0.3, -0.25) is 0 Å². The van der Waals surface area contributed by atoms with Crippen LogP contribution in [0.2, 0.25) is 0 Å². The molecule has 0 aromatic heterocycles. The number of carbonyl (C=O) groups excluding carboxylic acids is 2. The number of hydrogen-bond acceptors (Lipinski definition) is 6. The van der Waals surface area contributed by atoms with Gasteiger partial charge in [0.15, 0.2) is 11.5 Å². The number of alkyl halides is 3. The Morgan fingerprint density at radius 2 is 1.73 bits per heavy atom. The van der Waals surface area contributed by atoms with E-state index in [-0.39, 0.29) is 16.7 Å². The number of hydrogen-bond donors (Lipinski definition) is 1. The zero-order valence-electron chi connectivity index (χ0n) is 15.7. The third kappa shape index (κ3) is 3.86. The van der Waals surface area contributed by atoms with Gasteiger partial charge in [-0.05, 0) is 35.4 Å². The number of methoxy groups -OCH3 is 2. The van der Waals surface area contributed by atoms with E-state index in [1.54, 1.807) is 12.1 Å². The zero-order valence-corrected chi connectivity index (χ0v) is 15.7. The summed E-state index contributed by atoms with van der Waals surface area (Å²) in [5.41, 5.74) is -1.76. The molecule has 0 unspecified atom stereocenters. The van der Waals surface area contributed by atoms with Crippen molar-refractivity contribution in [2.24, 2.45) is 0 Å². The molecule has 0 saturated carbocycles. The van der Waals surface area contributed by atoms with E-state index in [2.05, 4.69) is 4.74 Å². The van der Waals surface area contributed by atoms with Crippen LogP contribution in [0, 0.1) is 0 Å². The largest absolute Gasteiger partial charge is 0.504 e. The lowest BCUT2D eigenvalue weighted by atomic mass is 9.99. The number of ether oxygens (including phenoxy) is 3. The summed E-state index contributed by atoms with van der Waals surface area (Å²) in [6.07, 6.45) is -4.67. The molecule has 6 nitrogen and oxygen atoms in total. The average Bonchev–Trinajstić information content (AvgIpc) is 3.01. The first-order chi connectivity index (χ1) is 14.2. The monoisotopic (exact) mass is 420 g/mol. The van der Waals surface area contributed by atoms with Crippen molar-refractivity contribution in [2.75, 3.05) is 14.2 Å². The van der Waals surface area contributed by atoms with Crippen LogP contribution >= 0.6 is 0 Å². The van der Waals surface area contributed by atoms with Gasteiger partial charge in [-0.25, -0.2) is 9.59 Å². The molecule has 0 saturated heterocycles. The predicted molar refractivity (Wildman–Crippen MR) is 99.0 cm³/mol. The maximum atomic E-state index is 13.1. The molecule has 30 heavy (non-hydrogen) atoms. The van der Waals surface area contributed by atoms with E-state index in [4.69, 9.17) is 9.47 Å². The molecule has 3 rings (SSSR count). The van der Waals surface area contributed by atoms with E-state index in [9.17, 15) is 27.9 Å². The molecule has 0 fully saturated rings. The summed E-state index contributed by atoms with van der Waals surface area (Å²) in [6, 6.07) is 9.86.